The number of carbonyl (C=O) groups is 1. The number of urea groups is 1. The summed E-state index contributed by atoms with van der Waals surface area (Å²) in [7, 11) is 1.58. The number of anilines is 1. The van der Waals surface area contributed by atoms with E-state index >= 15 is 0 Å². The molecule has 0 aliphatic carbocycles. The van der Waals surface area contributed by atoms with E-state index in [1.54, 1.807) is 22.6 Å². The highest BCUT2D eigenvalue weighted by Crippen LogP contribution is 2.30. The molecule has 186 valence electrons. The highest BCUT2D eigenvalue weighted by atomic mass is 16.5. The van der Waals surface area contributed by atoms with Gasteiger partial charge < -0.3 is 15.0 Å². The molecule has 1 heterocycles. The van der Waals surface area contributed by atoms with E-state index in [-0.39, 0.29) is 11.6 Å². The number of nitrogens with one attached hydrogen (secondary N) is 1. The maximum absolute atomic E-state index is 13.9. The lowest BCUT2D eigenvalue weighted by Gasteiger charge is -2.32. The Morgan fingerprint density at radius 3 is 2.42 bits per heavy atom. The van der Waals surface area contributed by atoms with Crippen molar-refractivity contribution < 1.29 is 9.53 Å². The molecule has 0 radical (unpaired) electrons. The number of aromatic nitrogens is 2. The van der Waals surface area contributed by atoms with E-state index in [0.29, 0.717) is 46.8 Å². The normalized spacial score (nSPS) is 11.8. The number of fused-ring (bicyclic) bond motifs is 1. The Morgan fingerprint density at radius 1 is 1.00 bits per heavy atom. The van der Waals surface area contributed by atoms with E-state index in [1.807, 2.05) is 79.7 Å². The lowest BCUT2D eigenvalue weighted by molar-refractivity contribution is 0.180. The van der Waals surface area contributed by atoms with E-state index in [9.17, 15) is 9.59 Å². The number of unbranched alkanes of at least 4 members (excludes halogenated alkanes) is 1. The number of para-hydroxylation sites is 4. The van der Waals surface area contributed by atoms with Crippen molar-refractivity contribution in [1.82, 2.24) is 14.5 Å². The number of methoxy groups -OCH3 is 1. The summed E-state index contributed by atoms with van der Waals surface area (Å²) in [6.07, 6.45) is 2.33. The molecule has 2 amide bonds. The molecular formula is C29H32N4O3. The molecule has 0 aliphatic heterocycles. The monoisotopic (exact) mass is 484 g/mol. The number of benzene rings is 3. The van der Waals surface area contributed by atoms with Gasteiger partial charge in [0, 0.05) is 12.2 Å². The second kappa shape index (κ2) is 11.5. The Labute approximate surface area is 211 Å². The molecular weight excluding hydrogens is 452 g/mol. The van der Waals surface area contributed by atoms with Crippen LogP contribution in [0.3, 0.4) is 0 Å². The summed E-state index contributed by atoms with van der Waals surface area (Å²) in [5.41, 5.74) is 1.71. The van der Waals surface area contributed by atoms with Gasteiger partial charge in [0.05, 0.1) is 29.7 Å². The molecule has 1 N–H and O–H groups in total. The van der Waals surface area contributed by atoms with Crippen molar-refractivity contribution in [2.75, 3.05) is 19.0 Å². The van der Waals surface area contributed by atoms with Crippen molar-refractivity contribution in [3.8, 4) is 11.4 Å². The third-order valence-electron chi connectivity index (χ3n) is 6.23. The molecule has 0 saturated heterocycles. The topological polar surface area (TPSA) is 76.5 Å². The summed E-state index contributed by atoms with van der Waals surface area (Å²) >= 11 is 0. The van der Waals surface area contributed by atoms with Gasteiger partial charge in [0.15, 0.2) is 0 Å². The van der Waals surface area contributed by atoms with Crippen LogP contribution in [0.1, 0.15) is 45.0 Å². The number of hydrogen-bond donors (Lipinski definition) is 1. The van der Waals surface area contributed by atoms with Gasteiger partial charge in [-0.1, -0.05) is 62.7 Å². The predicted molar refractivity (Wildman–Crippen MR) is 144 cm³/mol. The maximum Gasteiger partial charge on any atom is 0.322 e. The lowest BCUT2D eigenvalue weighted by atomic mass is 10.1. The fourth-order valence-corrected chi connectivity index (χ4v) is 4.41. The van der Waals surface area contributed by atoms with Gasteiger partial charge in [-0.2, -0.15) is 0 Å². The zero-order valence-corrected chi connectivity index (χ0v) is 21.0. The lowest BCUT2D eigenvalue weighted by Crippen LogP contribution is -2.41. The van der Waals surface area contributed by atoms with Crippen LogP contribution in [-0.4, -0.2) is 34.1 Å². The number of nitrogens with zero attached hydrogens (tertiary/aromatic N) is 3. The van der Waals surface area contributed by atoms with Gasteiger partial charge >= 0.3 is 6.03 Å². The second-order valence-corrected chi connectivity index (χ2v) is 8.57. The molecule has 0 spiro atoms. The summed E-state index contributed by atoms with van der Waals surface area (Å²) in [6, 6.07) is 23.4. The third kappa shape index (κ3) is 5.10. The average molecular weight is 485 g/mol. The smallest absolute Gasteiger partial charge is 0.322 e. The molecule has 0 fully saturated rings. The number of rotatable bonds is 9. The average Bonchev–Trinajstić information content (AvgIpc) is 2.91. The molecule has 4 rings (SSSR count). The zero-order valence-electron chi connectivity index (χ0n) is 21.0. The minimum Gasteiger partial charge on any atom is -0.495 e. The highest BCUT2D eigenvalue weighted by molar-refractivity contribution is 5.89. The van der Waals surface area contributed by atoms with Gasteiger partial charge in [0.25, 0.3) is 5.56 Å². The molecule has 1 unspecified atom stereocenters. The molecule has 7 nitrogen and oxygen atoms in total. The van der Waals surface area contributed by atoms with Gasteiger partial charge in [-0.15, -0.1) is 0 Å². The highest BCUT2D eigenvalue weighted by Gasteiger charge is 2.29. The van der Waals surface area contributed by atoms with E-state index < -0.39 is 6.04 Å². The predicted octanol–water partition coefficient (Wildman–Crippen LogP) is 6.18. The molecule has 7 heteroatoms. The van der Waals surface area contributed by atoms with Crippen molar-refractivity contribution in [3.63, 3.8) is 0 Å². The van der Waals surface area contributed by atoms with Gasteiger partial charge in [0.2, 0.25) is 0 Å². The van der Waals surface area contributed by atoms with Crippen LogP contribution in [0, 0.1) is 0 Å². The summed E-state index contributed by atoms with van der Waals surface area (Å²) < 4.78 is 7.21. The van der Waals surface area contributed by atoms with Crippen molar-refractivity contribution in [3.05, 3.63) is 95.0 Å². The maximum atomic E-state index is 13.9. The van der Waals surface area contributed by atoms with Crippen LogP contribution >= 0.6 is 0 Å². The number of carbonyl (C=O) groups excluding carboxylic acids is 1. The Bertz CT molecular complexity index is 1380. The molecule has 0 aliphatic rings. The summed E-state index contributed by atoms with van der Waals surface area (Å²) in [6.45, 7) is 4.63. The van der Waals surface area contributed by atoms with Crippen LogP contribution in [-0.2, 0) is 0 Å². The van der Waals surface area contributed by atoms with Crippen molar-refractivity contribution in [1.29, 1.82) is 0 Å². The van der Waals surface area contributed by atoms with Gasteiger partial charge in [-0.05, 0) is 49.2 Å². The van der Waals surface area contributed by atoms with Gasteiger partial charge in [0.1, 0.15) is 11.6 Å². The Morgan fingerprint density at radius 2 is 1.69 bits per heavy atom. The molecule has 1 aromatic heterocycles. The summed E-state index contributed by atoms with van der Waals surface area (Å²) in [5.74, 6) is 1.06. The summed E-state index contributed by atoms with van der Waals surface area (Å²) in [4.78, 5) is 34.2. The van der Waals surface area contributed by atoms with Crippen molar-refractivity contribution >= 4 is 22.6 Å². The fraction of sp³-hybridized carbons (Fsp3) is 0.276. The minimum absolute atomic E-state index is 0.197. The van der Waals surface area contributed by atoms with E-state index in [2.05, 4.69) is 12.2 Å². The Kier molecular flexibility index (Phi) is 8.00. The van der Waals surface area contributed by atoms with Crippen LogP contribution in [0.2, 0.25) is 0 Å². The van der Waals surface area contributed by atoms with Crippen LogP contribution < -0.4 is 15.6 Å². The quantitative estimate of drug-likeness (QED) is 0.308. The number of amides is 2. The van der Waals surface area contributed by atoms with E-state index in [0.717, 1.165) is 12.8 Å². The zero-order chi connectivity index (χ0) is 25.5. The molecule has 1 atom stereocenters. The molecule has 4 aromatic rings. The van der Waals surface area contributed by atoms with E-state index in [4.69, 9.17) is 9.72 Å². The standard InChI is InChI=1S/C29H32N4O3/c1-4-6-20-32(29(35)30-21-14-8-7-9-15-21)24(5-2)27-31-23-17-11-10-16-22(23)28(34)33(27)25-18-12-13-19-26(25)36-3/h7-19,24H,4-6,20H2,1-3H3,(H,30,35). The van der Waals surface area contributed by atoms with E-state index in [1.165, 1.54) is 0 Å². The largest absolute Gasteiger partial charge is 0.495 e. The SMILES string of the molecule is CCCCN(C(=O)Nc1ccccc1)C(CC)c1nc2ccccc2c(=O)n1-c1ccccc1OC. The summed E-state index contributed by atoms with van der Waals surface area (Å²) in [5, 5.41) is 3.53. The first kappa shape index (κ1) is 25.0. The second-order valence-electron chi connectivity index (χ2n) is 8.57. The Balaban J connectivity index is 1.91. The van der Waals surface area contributed by atoms with Crippen molar-refractivity contribution in [2.45, 2.75) is 39.2 Å². The van der Waals surface area contributed by atoms with Crippen LogP contribution in [0.5, 0.6) is 5.75 Å². The third-order valence-corrected chi connectivity index (χ3v) is 6.23. The first-order valence-corrected chi connectivity index (χ1v) is 12.4. The molecule has 3 aromatic carbocycles. The first-order valence-electron chi connectivity index (χ1n) is 12.4. The van der Waals surface area contributed by atoms with Crippen LogP contribution in [0.15, 0.2) is 83.7 Å². The van der Waals surface area contributed by atoms with Gasteiger partial charge in [-0.3, -0.25) is 9.36 Å². The Hall–Kier alpha value is -4.13. The van der Waals surface area contributed by atoms with Crippen LogP contribution in [0.4, 0.5) is 10.5 Å². The molecule has 0 bridgehead atoms. The molecule has 0 saturated carbocycles. The number of hydrogen-bond acceptors (Lipinski definition) is 4. The van der Waals surface area contributed by atoms with Gasteiger partial charge in [-0.25, -0.2) is 9.78 Å². The van der Waals surface area contributed by atoms with Crippen molar-refractivity contribution in [2.24, 2.45) is 0 Å². The number of ether oxygens (including phenoxy) is 1. The minimum atomic E-state index is -0.442. The molecule has 36 heavy (non-hydrogen) atoms. The van der Waals surface area contributed by atoms with Crippen LogP contribution in [0.25, 0.3) is 16.6 Å². The fourth-order valence-electron chi connectivity index (χ4n) is 4.41. The first-order chi connectivity index (χ1) is 17.6.